The van der Waals surface area contributed by atoms with Gasteiger partial charge >= 0.3 is 0 Å². The van der Waals surface area contributed by atoms with Gasteiger partial charge in [0.25, 0.3) is 0 Å². The molecule has 5 rings (SSSR count). The van der Waals surface area contributed by atoms with Crippen LogP contribution in [0, 0.1) is 94.9 Å². The molecular formula is C59H90N4O8S4. The zero-order valence-electron chi connectivity index (χ0n) is 47.7. The summed E-state index contributed by atoms with van der Waals surface area (Å²) in [5.74, 6) is -0.00103. The Bertz CT molecular complexity index is 2990. The predicted molar refractivity (Wildman–Crippen MR) is 307 cm³/mol. The van der Waals surface area contributed by atoms with Crippen molar-refractivity contribution in [2.45, 2.75) is 180 Å². The molecule has 16 heteroatoms. The minimum absolute atomic E-state index is 0.0512. The smallest absolute Gasteiger partial charge is 0.243 e. The summed E-state index contributed by atoms with van der Waals surface area (Å²) in [4.78, 5) is 1.41. The molecule has 0 saturated heterocycles. The van der Waals surface area contributed by atoms with Crippen LogP contribution >= 0.6 is 0 Å². The quantitative estimate of drug-likeness (QED) is 0.0484. The number of sulfone groups is 1. The number of nitrogens with one attached hydrogen (secondary N) is 1. The normalized spacial score (nSPS) is 15.5. The van der Waals surface area contributed by atoms with Gasteiger partial charge in [-0.2, -0.15) is 12.9 Å². The first-order valence-electron chi connectivity index (χ1n) is 27.4. The second-order valence-electron chi connectivity index (χ2n) is 22.0. The Balaban J connectivity index is 1.27. The SMILES string of the molecule is CCCCCN(CCCCN(CC1CC1CN(CCCCNCCCCCS(=O)(=O)c1c(C)cc(C)cc1C)S(=O)(=O)c1c(C)cc(C)cc1C)S(=O)(=O)c1c(C)cc(C)cc1C)S(=O)(=O)c1c(C)cc(C)cc1C. The van der Waals surface area contributed by atoms with E-state index in [0.29, 0.717) is 93.6 Å². The maximum atomic E-state index is 14.9. The summed E-state index contributed by atoms with van der Waals surface area (Å²) < 4.78 is 119. The lowest BCUT2D eigenvalue weighted by atomic mass is 10.1. The Morgan fingerprint density at radius 1 is 0.387 bits per heavy atom. The first-order chi connectivity index (χ1) is 35.1. The summed E-state index contributed by atoms with van der Waals surface area (Å²) in [5, 5.41) is 3.47. The summed E-state index contributed by atoms with van der Waals surface area (Å²) in [7, 11) is -15.1. The Morgan fingerprint density at radius 3 is 1.04 bits per heavy atom. The van der Waals surface area contributed by atoms with Gasteiger partial charge in [0, 0.05) is 39.3 Å². The van der Waals surface area contributed by atoms with E-state index in [0.717, 1.165) is 89.6 Å². The number of rotatable bonds is 31. The largest absolute Gasteiger partial charge is 0.317 e. The van der Waals surface area contributed by atoms with Crippen LogP contribution in [0.5, 0.6) is 0 Å². The molecule has 1 saturated carbocycles. The molecule has 0 aliphatic heterocycles. The highest BCUT2D eigenvalue weighted by atomic mass is 32.2. The molecular weight excluding hydrogens is 1020 g/mol. The fourth-order valence-corrected chi connectivity index (χ4v) is 19.3. The van der Waals surface area contributed by atoms with Crippen molar-refractivity contribution in [2.75, 3.05) is 58.1 Å². The number of unbranched alkanes of at least 4 members (excludes halogenated alkanes) is 6. The molecule has 0 amide bonds. The van der Waals surface area contributed by atoms with Crippen LogP contribution < -0.4 is 5.32 Å². The molecule has 2 unspecified atom stereocenters. The number of benzene rings is 4. The standard InChI is InChI=1S/C59H90N4O8S4/c1-14-15-19-26-61(73(66,67)57-48(8)33-43(3)34-49(57)9)27-21-22-29-63(75(70,71)59-52(12)37-45(5)38-53(59)13)41-55-39-54(55)40-62(74(68,69)58-50(10)35-44(4)36-51(58)11)28-20-18-25-60-24-17-16-23-30-72(64,65)56-46(6)31-42(2)32-47(56)7/h31-38,54-55,60H,14-30,39-41H2,1-13H3. The van der Waals surface area contributed by atoms with Crippen molar-refractivity contribution in [3.05, 3.63) is 115 Å². The molecule has 2 atom stereocenters. The summed E-state index contributed by atoms with van der Waals surface area (Å²) >= 11 is 0. The first-order valence-corrected chi connectivity index (χ1v) is 33.4. The molecule has 418 valence electrons. The maximum Gasteiger partial charge on any atom is 0.243 e. The molecule has 0 radical (unpaired) electrons. The van der Waals surface area contributed by atoms with Crippen LogP contribution in [-0.2, 0) is 39.9 Å². The van der Waals surface area contributed by atoms with Crippen molar-refractivity contribution < 1.29 is 33.7 Å². The van der Waals surface area contributed by atoms with Gasteiger partial charge in [-0.25, -0.2) is 33.7 Å². The predicted octanol–water partition coefficient (Wildman–Crippen LogP) is 11.4. The lowest BCUT2D eigenvalue weighted by molar-refractivity contribution is 0.340. The van der Waals surface area contributed by atoms with E-state index in [-0.39, 0.29) is 43.8 Å². The topological polar surface area (TPSA) is 158 Å². The van der Waals surface area contributed by atoms with Crippen LogP contribution in [-0.4, -0.2) is 105 Å². The monoisotopic (exact) mass is 1110 g/mol. The van der Waals surface area contributed by atoms with Crippen molar-refractivity contribution in [3.8, 4) is 0 Å². The number of hydrogen-bond acceptors (Lipinski definition) is 9. The minimum atomic E-state index is -4.00. The third-order valence-electron chi connectivity index (χ3n) is 14.8. The second-order valence-corrected chi connectivity index (χ2v) is 29.7. The van der Waals surface area contributed by atoms with E-state index in [9.17, 15) is 33.7 Å². The van der Waals surface area contributed by atoms with Gasteiger partial charge < -0.3 is 5.32 Å². The average molecular weight is 1110 g/mol. The molecule has 12 nitrogen and oxygen atoms in total. The van der Waals surface area contributed by atoms with E-state index < -0.39 is 39.9 Å². The minimum Gasteiger partial charge on any atom is -0.317 e. The van der Waals surface area contributed by atoms with Gasteiger partial charge in [-0.3, -0.25) is 0 Å². The van der Waals surface area contributed by atoms with Crippen LogP contribution in [0.3, 0.4) is 0 Å². The molecule has 1 aliphatic carbocycles. The van der Waals surface area contributed by atoms with Gasteiger partial charge in [0.1, 0.15) is 0 Å². The van der Waals surface area contributed by atoms with Gasteiger partial charge in [0.2, 0.25) is 30.1 Å². The molecule has 1 aliphatic rings. The van der Waals surface area contributed by atoms with Crippen LogP contribution in [0.15, 0.2) is 68.1 Å². The summed E-state index contributed by atoms with van der Waals surface area (Å²) in [6.45, 7) is 27.8. The number of nitrogens with zero attached hydrogens (tertiary/aromatic N) is 3. The maximum absolute atomic E-state index is 14.9. The number of hydrogen-bond donors (Lipinski definition) is 1. The van der Waals surface area contributed by atoms with Crippen molar-refractivity contribution in [2.24, 2.45) is 11.8 Å². The molecule has 0 aromatic heterocycles. The Labute approximate surface area is 454 Å². The lowest BCUT2D eigenvalue weighted by Gasteiger charge is -2.27. The first kappa shape index (κ1) is 62.4. The second kappa shape index (κ2) is 26.9. The van der Waals surface area contributed by atoms with Crippen molar-refractivity contribution >= 4 is 39.9 Å². The Kier molecular flexibility index (Phi) is 22.4. The Hall–Kier alpha value is -3.48. The van der Waals surface area contributed by atoms with E-state index in [2.05, 4.69) is 12.2 Å². The molecule has 0 heterocycles. The van der Waals surface area contributed by atoms with Crippen molar-refractivity contribution in [3.63, 3.8) is 0 Å². The zero-order chi connectivity index (χ0) is 55.6. The van der Waals surface area contributed by atoms with Crippen LogP contribution in [0.4, 0.5) is 0 Å². The summed E-state index contributed by atoms with van der Waals surface area (Å²) in [6, 6.07) is 15.3. The van der Waals surface area contributed by atoms with Crippen LogP contribution in [0.2, 0.25) is 0 Å². The van der Waals surface area contributed by atoms with Gasteiger partial charge in [-0.15, -0.1) is 0 Å². The molecule has 1 N–H and O–H groups in total. The van der Waals surface area contributed by atoms with Gasteiger partial charge in [-0.1, -0.05) is 97.0 Å². The van der Waals surface area contributed by atoms with Crippen molar-refractivity contribution in [1.82, 2.24) is 18.2 Å². The van der Waals surface area contributed by atoms with Gasteiger partial charge in [-0.05, 0) is 204 Å². The van der Waals surface area contributed by atoms with E-state index in [4.69, 9.17) is 0 Å². The van der Waals surface area contributed by atoms with Gasteiger partial charge in [0.05, 0.1) is 25.3 Å². The highest BCUT2D eigenvalue weighted by Crippen LogP contribution is 2.42. The van der Waals surface area contributed by atoms with Gasteiger partial charge in [0.15, 0.2) is 9.84 Å². The lowest BCUT2D eigenvalue weighted by Crippen LogP contribution is -2.38. The average Bonchev–Trinajstić information content (AvgIpc) is 4.01. The Morgan fingerprint density at radius 2 is 0.680 bits per heavy atom. The summed E-state index contributed by atoms with van der Waals surface area (Å²) in [6.07, 6.45) is 7.74. The molecule has 4 aromatic carbocycles. The summed E-state index contributed by atoms with van der Waals surface area (Å²) in [5.41, 5.74) is 9.80. The van der Waals surface area contributed by atoms with E-state index in [1.54, 1.807) is 12.9 Å². The fraction of sp³-hybridized carbons (Fsp3) is 0.593. The molecule has 75 heavy (non-hydrogen) atoms. The molecule has 1 fully saturated rings. The van der Waals surface area contributed by atoms with Crippen LogP contribution in [0.25, 0.3) is 0 Å². The highest BCUT2D eigenvalue weighted by molar-refractivity contribution is 7.91. The van der Waals surface area contributed by atoms with E-state index >= 15 is 0 Å². The third-order valence-corrected chi connectivity index (χ3v) is 23.5. The number of aryl methyl sites for hydroxylation is 12. The molecule has 4 aromatic rings. The third kappa shape index (κ3) is 16.3. The van der Waals surface area contributed by atoms with Crippen LogP contribution in [0.1, 0.15) is 144 Å². The van der Waals surface area contributed by atoms with E-state index in [1.165, 1.54) is 0 Å². The number of sulfonamides is 3. The molecule has 0 bridgehead atoms. The van der Waals surface area contributed by atoms with Crippen molar-refractivity contribution in [1.29, 1.82) is 0 Å². The van der Waals surface area contributed by atoms with E-state index in [1.807, 2.05) is 132 Å². The highest BCUT2D eigenvalue weighted by Gasteiger charge is 2.44. The molecule has 0 spiro atoms. The fourth-order valence-electron chi connectivity index (χ4n) is 11.6. The zero-order valence-corrected chi connectivity index (χ0v) is 50.9.